The molecular weight excluding hydrogens is 252 g/mol. The number of pyridine rings is 1. The average Bonchev–Trinajstić information content (AvgIpc) is 2.48. The standard InChI is InChI=1S/C15H16N4O/c16-15(20)10-4-7-18-14(8-10)19-13-3-1-2-11-9-17-6-5-12(11)13/h1-4,7-8,17H,5-6,9H2,(H2,16,20)(H,18,19). The topological polar surface area (TPSA) is 80.0 Å². The number of nitrogens with one attached hydrogen (secondary N) is 2. The minimum atomic E-state index is -0.449. The molecule has 0 unspecified atom stereocenters. The number of rotatable bonds is 3. The van der Waals surface area contributed by atoms with Gasteiger partial charge in [-0.3, -0.25) is 4.79 Å². The molecule has 1 aliphatic rings. The maximum Gasteiger partial charge on any atom is 0.248 e. The summed E-state index contributed by atoms with van der Waals surface area (Å²) >= 11 is 0. The molecule has 0 saturated heterocycles. The Bertz CT molecular complexity index is 654. The van der Waals surface area contributed by atoms with Crippen LogP contribution in [0.5, 0.6) is 0 Å². The third-order valence-corrected chi connectivity index (χ3v) is 3.45. The molecule has 0 aliphatic carbocycles. The van der Waals surface area contributed by atoms with Crippen molar-refractivity contribution in [3.63, 3.8) is 0 Å². The summed E-state index contributed by atoms with van der Waals surface area (Å²) in [7, 11) is 0. The second-order valence-electron chi connectivity index (χ2n) is 4.79. The molecule has 3 rings (SSSR count). The lowest BCUT2D eigenvalue weighted by atomic mass is 9.99. The Labute approximate surface area is 117 Å². The highest BCUT2D eigenvalue weighted by Gasteiger charge is 2.13. The summed E-state index contributed by atoms with van der Waals surface area (Å²) in [4.78, 5) is 15.4. The number of anilines is 2. The molecular formula is C15H16N4O. The normalized spacial score (nSPS) is 13.6. The van der Waals surface area contributed by atoms with E-state index in [4.69, 9.17) is 5.73 Å². The summed E-state index contributed by atoms with van der Waals surface area (Å²) < 4.78 is 0. The van der Waals surface area contributed by atoms with Crippen LogP contribution < -0.4 is 16.4 Å². The van der Waals surface area contributed by atoms with Crippen LogP contribution in [0.3, 0.4) is 0 Å². The molecule has 0 spiro atoms. The van der Waals surface area contributed by atoms with Gasteiger partial charge in [-0.2, -0.15) is 0 Å². The van der Waals surface area contributed by atoms with Gasteiger partial charge in [-0.15, -0.1) is 0 Å². The van der Waals surface area contributed by atoms with Gasteiger partial charge in [0.25, 0.3) is 0 Å². The van der Waals surface area contributed by atoms with Crippen LogP contribution in [0.2, 0.25) is 0 Å². The molecule has 1 aromatic heterocycles. The van der Waals surface area contributed by atoms with Crippen LogP contribution in [0, 0.1) is 0 Å². The number of amides is 1. The third-order valence-electron chi connectivity index (χ3n) is 3.45. The van der Waals surface area contributed by atoms with Crippen LogP contribution in [-0.2, 0) is 13.0 Å². The van der Waals surface area contributed by atoms with Gasteiger partial charge < -0.3 is 16.4 Å². The third kappa shape index (κ3) is 2.48. The number of aromatic nitrogens is 1. The summed E-state index contributed by atoms with van der Waals surface area (Å²) in [5.41, 5.74) is 9.38. The van der Waals surface area contributed by atoms with Crippen molar-refractivity contribution in [2.75, 3.05) is 11.9 Å². The molecule has 1 aliphatic heterocycles. The summed E-state index contributed by atoms with van der Waals surface area (Å²) in [5, 5.41) is 6.63. The van der Waals surface area contributed by atoms with Crippen molar-refractivity contribution in [3.8, 4) is 0 Å². The van der Waals surface area contributed by atoms with E-state index in [1.807, 2.05) is 12.1 Å². The summed E-state index contributed by atoms with van der Waals surface area (Å²) in [5.74, 6) is 0.183. The molecule has 1 aromatic carbocycles. The first-order valence-electron chi connectivity index (χ1n) is 6.58. The van der Waals surface area contributed by atoms with Crippen molar-refractivity contribution in [2.45, 2.75) is 13.0 Å². The van der Waals surface area contributed by atoms with Gasteiger partial charge >= 0.3 is 0 Å². The predicted molar refractivity (Wildman–Crippen MR) is 77.9 cm³/mol. The van der Waals surface area contributed by atoms with Crippen LogP contribution in [0.15, 0.2) is 36.5 Å². The maximum atomic E-state index is 11.2. The first-order chi connectivity index (χ1) is 9.74. The fourth-order valence-electron chi connectivity index (χ4n) is 2.44. The van der Waals surface area contributed by atoms with Crippen LogP contribution >= 0.6 is 0 Å². The Morgan fingerprint density at radius 1 is 1.35 bits per heavy atom. The average molecular weight is 268 g/mol. The van der Waals surface area contributed by atoms with Crippen LogP contribution in [0.1, 0.15) is 21.5 Å². The zero-order valence-electron chi connectivity index (χ0n) is 11.0. The summed E-state index contributed by atoms with van der Waals surface area (Å²) in [6.07, 6.45) is 2.56. The van der Waals surface area contributed by atoms with Crippen LogP contribution in [0.25, 0.3) is 0 Å². The number of nitrogens with two attached hydrogens (primary N) is 1. The van der Waals surface area contributed by atoms with Crippen molar-refractivity contribution in [3.05, 3.63) is 53.2 Å². The van der Waals surface area contributed by atoms with Crippen molar-refractivity contribution in [1.29, 1.82) is 0 Å². The van der Waals surface area contributed by atoms with E-state index < -0.39 is 5.91 Å². The Balaban J connectivity index is 1.91. The molecule has 20 heavy (non-hydrogen) atoms. The number of hydrogen-bond acceptors (Lipinski definition) is 4. The largest absolute Gasteiger partial charge is 0.366 e. The lowest BCUT2D eigenvalue weighted by Gasteiger charge is -2.20. The van der Waals surface area contributed by atoms with Gasteiger partial charge in [-0.25, -0.2) is 4.98 Å². The lowest BCUT2D eigenvalue weighted by Crippen LogP contribution is -2.24. The number of carbonyl (C=O) groups is 1. The number of nitrogens with zero attached hydrogens (tertiary/aromatic N) is 1. The zero-order chi connectivity index (χ0) is 13.9. The molecule has 2 heterocycles. The molecule has 5 nitrogen and oxygen atoms in total. The molecule has 102 valence electrons. The molecule has 0 radical (unpaired) electrons. The fraction of sp³-hybridized carbons (Fsp3) is 0.200. The number of benzene rings is 1. The van der Waals surface area contributed by atoms with Crippen molar-refractivity contribution >= 4 is 17.4 Å². The van der Waals surface area contributed by atoms with Gasteiger partial charge in [-0.05, 0) is 42.3 Å². The number of primary amides is 1. The van der Waals surface area contributed by atoms with Gasteiger partial charge in [0.15, 0.2) is 0 Å². The van der Waals surface area contributed by atoms with Gasteiger partial charge in [0.1, 0.15) is 5.82 Å². The van der Waals surface area contributed by atoms with Gasteiger partial charge in [-0.1, -0.05) is 12.1 Å². The monoisotopic (exact) mass is 268 g/mol. The second-order valence-corrected chi connectivity index (χ2v) is 4.79. The molecule has 0 fully saturated rings. The highest BCUT2D eigenvalue weighted by molar-refractivity contribution is 5.93. The number of fused-ring (bicyclic) bond motifs is 1. The van der Waals surface area contributed by atoms with E-state index in [-0.39, 0.29) is 0 Å². The molecule has 0 atom stereocenters. The Kier molecular flexibility index (Phi) is 3.35. The summed E-state index contributed by atoms with van der Waals surface area (Å²) in [6.45, 7) is 1.86. The van der Waals surface area contributed by atoms with E-state index in [1.54, 1.807) is 18.3 Å². The molecule has 1 amide bonds. The smallest absolute Gasteiger partial charge is 0.248 e. The van der Waals surface area contributed by atoms with Gasteiger partial charge in [0, 0.05) is 24.0 Å². The van der Waals surface area contributed by atoms with E-state index in [2.05, 4.69) is 21.7 Å². The zero-order valence-corrected chi connectivity index (χ0v) is 11.0. The Hall–Kier alpha value is -2.40. The minimum Gasteiger partial charge on any atom is -0.366 e. The first-order valence-corrected chi connectivity index (χ1v) is 6.58. The highest BCUT2D eigenvalue weighted by Crippen LogP contribution is 2.25. The van der Waals surface area contributed by atoms with Crippen molar-refractivity contribution < 1.29 is 4.79 Å². The highest BCUT2D eigenvalue weighted by atomic mass is 16.1. The minimum absolute atomic E-state index is 0.449. The van der Waals surface area contributed by atoms with Gasteiger partial charge in [0.05, 0.1) is 0 Å². The second kappa shape index (κ2) is 5.30. The summed E-state index contributed by atoms with van der Waals surface area (Å²) in [6, 6.07) is 9.45. The molecule has 0 bridgehead atoms. The van der Waals surface area contributed by atoms with E-state index in [9.17, 15) is 4.79 Å². The van der Waals surface area contributed by atoms with Crippen molar-refractivity contribution in [2.24, 2.45) is 5.73 Å². The molecule has 0 saturated carbocycles. The van der Waals surface area contributed by atoms with Crippen molar-refractivity contribution in [1.82, 2.24) is 10.3 Å². The van der Waals surface area contributed by atoms with E-state index in [1.165, 1.54) is 11.1 Å². The Morgan fingerprint density at radius 3 is 3.10 bits per heavy atom. The van der Waals surface area contributed by atoms with E-state index in [0.717, 1.165) is 25.2 Å². The SMILES string of the molecule is NC(=O)c1ccnc(Nc2cccc3c2CCNC3)c1. The molecule has 4 N–H and O–H groups in total. The Morgan fingerprint density at radius 2 is 2.25 bits per heavy atom. The number of carbonyl (C=O) groups excluding carboxylic acids is 1. The molecule has 5 heteroatoms. The number of hydrogen-bond donors (Lipinski definition) is 3. The predicted octanol–water partition coefficient (Wildman–Crippen LogP) is 1.57. The quantitative estimate of drug-likeness (QED) is 0.789. The van der Waals surface area contributed by atoms with E-state index >= 15 is 0 Å². The maximum absolute atomic E-state index is 11.2. The van der Waals surface area contributed by atoms with E-state index in [0.29, 0.717) is 11.4 Å². The first kappa shape index (κ1) is 12.6. The molecule has 2 aromatic rings. The van der Waals surface area contributed by atoms with Crippen LogP contribution in [0.4, 0.5) is 11.5 Å². The van der Waals surface area contributed by atoms with Crippen LogP contribution in [-0.4, -0.2) is 17.4 Å². The van der Waals surface area contributed by atoms with Gasteiger partial charge in [0.2, 0.25) is 5.91 Å². The fourth-order valence-corrected chi connectivity index (χ4v) is 2.44. The lowest BCUT2D eigenvalue weighted by molar-refractivity contribution is 0.1000.